The second-order valence-corrected chi connectivity index (χ2v) is 8.73. The van der Waals surface area contributed by atoms with Gasteiger partial charge in [0, 0.05) is 38.6 Å². The van der Waals surface area contributed by atoms with E-state index in [0.717, 1.165) is 70.0 Å². The molecular weight excluding hydrogens is 517 g/mol. The third kappa shape index (κ3) is 8.00. The van der Waals surface area contributed by atoms with Crippen LogP contribution >= 0.6 is 24.0 Å². The number of aliphatic imine (C=N–C) groups is 1. The summed E-state index contributed by atoms with van der Waals surface area (Å²) < 4.78 is 7.41. The Kier molecular flexibility index (Phi) is 10.9. The number of rotatable bonds is 9. The van der Waals surface area contributed by atoms with Crippen LogP contribution in [0.15, 0.2) is 35.3 Å². The smallest absolute Gasteiger partial charge is 0.191 e. The van der Waals surface area contributed by atoms with Crippen LogP contribution in [0.25, 0.3) is 0 Å². The van der Waals surface area contributed by atoms with E-state index in [1.54, 1.807) is 0 Å². The van der Waals surface area contributed by atoms with Crippen molar-refractivity contribution in [1.82, 2.24) is 30.3 Å². The monoisotopic (exact) mass is 555 g/mol. The van der Waals surface area contributed by atoms with Gasteiger partial charge in [0.1, 0.15) is 12.4 Å². The maximum absolute atomic E-state index is 5.43. The second kappa shape index (κ2) is 13.1. The van der Waals surface area contributed by atoms with Crippen LogP contribution in [0.1, 0.15) is 37.5 Å². The quantitative estimate of drug-likeness (QED) is 0.214. The summed E-state index contributed by atoms with van der Waals surface area (Å²) in [6.07, 6.45) is 1.06. The number of aryl methyl sites for hydroxylation is 1. The third-order valence-corrected chi connectivity index (χ3v) is 5.86. The molecule has 2 aromatic rings. The molecule has 2 N–H and O–H groups in total. The number of nitrogens with zero attached hydrogens (tertiary/aromatic N) is 5. The van der Waals surface area contributed by atoms with Gasteiger partial charge in [0.2, 0.25) is 0 Å². The first-order chi connectivity index (χ1) is 15.0. The lowest BCUT2D eigenvalue weighted by Gasteiger charge is -2.28. The molecule has 1 fully saturated rings. The van der Waals surface area contributed by atoms with Crippen LogP contribution in [-0.2, 0) is 23.7 Å². The van der Waals surface area contributed by atoms with Gasteiger partial charge in [-0.05, 0) is 25.5 Å². The number of nitrogens with one attached hydrogen (secondary N) is 2. The lowest BCUT2D eigenvalue weighted by molar-refractivity contribution is 0.0376. The molecule has 0 radical (unpaired) electrons. The Morgan fingerprint density at radius 3 is 2.50 bits per heavy atom. The second-order valence-electron chi connectivity index (χ2n) is 8.73. The van der Waals surface area contributed by atoms with Gasteiger partial charge in [0.25, 0.3) is 0 Å². The highest BCUT2D eigenvalue weighted by molar-refractivity contribution is 14.0. The van der Waals surface area contributed by atoms with E-state index in [9.17, 15) is 0 Å². The van der Waals surface area contributed by atoms with Gasteiger partial charge in [-0.2, -0.15) is 0 Å². The van der Waals surface area contributed by atoms with E-state index in [1.807, 2.05) is 18.5 Å². The zero-order valence-electron chi connectivity index (χ0n) is 19.8. The standard InChI is InChI=1S/C23H37N7O.HI/c1-19-27-28-21(29(19)4)17-25-22(24-11-8-12-30-13-15-31-16-14-30)26-18-23(2,3)20-9-6-5-7-10-20;/h5-7,9-10H,8,11-18H2,1-4H3,(H2,24,25,26);1H. The van der Waals surface area contributed by atoms with Crippen molar-refractivity contribution in [3.05, 3.63) is 47.5 Å². The zero-order valence-corrected chi connectivity index (χ0v) is 22.1. The van der Waals surface area contributed by atoms with E-state index < -0.39 is 0 Å². The predicted octanol–water partition coefficient (Wildman–Crippen LogP) is 2.48. The van der Waals surface area contributed by atoms with Crippen molar-refractivity contribution < 1.29 is 4.74 Å². The molecule has 0 aliphatic carbocycles. The summed E-state index contributed by atoms with van der Waals surface area (Å²) in [6.45, 7) is 13.4. The van der Waals surface area contributed by atoms with Crippen LogP contribution < -0.4 is 10.6 Å². The highest BCUT2D eigenvalue weighted by Crippen LogP contribution is 2.21. The Bertz CT molecular complexity index is 832. The molecular formula is C23H38IN7O. The number of morpholine rings is 1. The largest absolute Gasteiger partial charge is 0.379 e. The summed E-state index contributed by atoms with van der Waals surface area (Å²) in [6, 6.07) is 10.6. The minimum absolute atomic E-state index is 0. The predicted molar refractivity (Wildman–Crippen MR) is 140 cm³/mol. The summed E-state index contributed by atoms with van der Waals surface area (Å²) in [4.78, 5) is 7.24. The van der Waals surface area contributed by atoms with Crippen molar-refractivity contribution in [2.75, 3.05) is 45.9 Å². The number of ether oxygens (including phenoxy) is 1. The molecule has 1 aromatic carbocycles. The SMILES string of the molecule is Cc1nnc(CN=C(NCCCN2CCOCC2)NCC(C)(C)c2ccccc2)n1C.I. The molecule has 0 saturated carbocycles. The molecule has 0 unspecified atom stereocenters. The highest BCUT2D eigenvalue weighted by atomic mass is 127. The van der Waals surface area contributed by atoms with Crippen molar-refractivity contribution in [2.45, 2.75) is 39.2 Å². The van der Waals surface area contributed by atoms with E-state index in [2.05, 4.69) is 69.9 Å². The molecule has 1 aliphatic rings. The normalized spacial score (nSPS) is 15.3. The van der Waals surface area contributed by atoms with Crippen molar-refractivity contribution in [3.8, 4) is 0 Å². The van der Waals surface area contributed by atoms with Gasteiger partial charge in [-0.15, -0.1) is 34.2 Å². The molecule has 3 rings (SSSR count). The highest BCUT2D eigenvalue weighted by Gasteiger charge is 2.20. The molecule has 0 bridgehead atoms. The molecule has 2 heterocycles. The van der Waals surface area contributed by atoms with E-state index >= 15 is 0 Å². The number of hydrogen-bond donors (Lipinski definition) is 2. The van der Waals surface area contributed by atoms with Crippen molar-refractivity contribution in [3.63, 3.8) is 0 Å². The van der Waals surface area contributed by atoms with E-state index in [0.29, 0.717) is 6.54 Å². The molecule has 1 aliphatic heterocycles. The summed E-state index contributed by atoms with van der Waals surface area (Å²) >= 11 is 0. The fourth-order valence-electron chi connectivity index (χ4n) is 3.54. The summed E-state index contributed by atoms with van der Waals surface area (Å²) in [5.41, 5.74) is 1.29. The number of hydrogen-bond acceptors (Lipinski definition) is 5. The maximum atomic E-state index is 5.43. The van der Waals surface area contributed by atoms with Crippen LogP contribution in [0.3, 0.4) is 0 Å². The average molecular weight is 556 g/mol. The molecule has 8 nitrogen and oxygen atoms in total. The first-order valence-electron chi connectivity index (χ1n) is 11.2. The van der Waals surface area contributed by atoms with Crippen molar-refractivity contribution in [1.29, 1.82) is 0 Å². The van der Waals surface area contributed by atoms with Gasteiger partial charge in [-0.1, -0.05) is 44.2 Å². The summed E-state index contributed by atoms with van der Waals surface area (Å²) in [7, 11) is 1.97. The van der Waals surface area contributed by atoms with Crippen LogP contribution in [0, 0.1) is 6.92 Å². The molecule has 9 heteroatoms. The van der Waals surface area contributed by atoms with Crippen LogP contribution in [0.5, 0.6) is 0 Å². The fraction of sp³-hybridized carbons (Fsp3) is 0.609. The Hall–Kier alpha value is -1.72. The van der Waals surface area contributed by atoms with Gasteiger partial charge in [0.05, 0.1) is 13.2 Å². The lowest BCUT2D eigenvalue weighted by Crippen LogP contribution is -2.44. The summed E-state index contributed by atoms with van der Waals surface area (Å²) in [5.74, 6) is 2.56. The van der Waals surface area contributed by atoms with Crippen molar-refractivity contribution in [2.24, 2.45) is 12.0 Å². The molecule has 178 valence electrons. The average Bonchev–Trinajstić information content (AvgIpc) is 3.11. The summed E-state index contributed by atoms with van der Waals surface area (Å²) in [5, 5.41) is 15.4. The molecule has 0 atom stereocenters. The molecule has 1 saturated heterocycles. The van der Waals surface area contributed by atoms with Gasteiger partial charge < -0.3 is 19.9 Å². The topological polar surface area (TPSA) is 79.6 Å². The Morgan fingerprint density at radius 2 is 1.84 bits per heavy atom. The minimum Gasteiger partial charge on any atom is -0.379 e. The van der Waals surface area contributed by atoms with Crippen LogP contribution in [0.4, 0.5) is 0 Å². The zero-order chi connectivity index (χ0) is 22.1. The van der Waals surface area contributed by atoms with Crippen LogP contribution in [-0.4, -0.2) is 71.6 Å². The molecule has 1 aromatic heterocycles. The minimum atomic E-state index is -0.0150. The maximum Gasteiger partial charge on any atom is 0.191 e. The van der Waals surface area contributed by atoms with Gasteiger partial charge >= 0.3 is 0 Å². The van der Waals surface area contributed by atoms with E-state index in [4.69, 9.17) is 9.73 Å². The number of benzene rings is 1. The van der Waals surface area contributed by atoms with Gasteiger partial charge in [0.15, 0.2) is 11.8 Å². The molecule has 0 spiro atoms. The lowest BCUT2D eigenvalue weighted by atomic mass is 9.85. The Labute approximate surface area is 209 Å². The number of guanidine groups is 1. The van der Waals surface area contributed by atoms with Gasteiger partial charge in [-0.25, -0.2) is 4.99 Å². The molecule has 32 heavy (non-hydrogen) atoms. The Morgan fingerprint density at radius 1 is 1.12 bits per heavy atom. The van der Waals surface area contributed by atoms with Crippen molar-refractivity contribution >= 4 is 29.9 Å². The van der Waals surface area contributed by atoms with E-state index in [-0.39, 0.29) is 29.4 Å². The first-order valence-corrected chi connectivity index (χ1v) is 11.2. The number of halogens is 1. The van der Waals surface area contributed by atoms with Crippen LogP contribution in [0.2, 0.25) is 0 Å². The Balaban J connectivity index is 0.00000363. The number of aromatic nitrogens is 3. The van der Waals surface area contributed by atoms with E-state index in [1.165, 1.54) is 5.56 Å². The fourth-order valence-corrected chi connectivity index (χ4v) is 3.54. The third-order valence-electron chi connectivity index (χ3n) is 5.86. The first kappa shape index (κ1) is 26.5. The molecule has 0 amide bonds. The van der Waals surface area contributed by atoms with Gasteiger partial charge in [-0.3, -0.25) is 4.90 Å².